The van der Waals surface area contributed by atoms with Crippen molar-refractivity contribution in [3.63, 3.8) is 0 Å². The first-order valence-corrected chi connectivity index (χ1v) is 4.02. The minimum atomic E-state index is -5.02. The number of isocyanates is 2. The topological polar surface area (TPSA) is 58.9 Å². The smallest absolute Gasteiger partial charge is 0.236 e. The van der Waals surface area contributed by atoms with Crippen LogP contribution in [0.15, 0.2) is 22.1 Å². The van der Waals surface area contributed by atoms with Crippen LogP contribution in [0.3, 0.4) is 0 Å². The molecule has 0 spiro atoms. The molecule has 1 rings (SSSR count). The van der Waals surface area contributed by atoms with Gasteiger partial charge in [-0.3, -0.25) is 0 Å². The summed E-state index contributed by atoms with van der Waals surface area (Å²) in [6.07, 6.45) is -2.46. The molecule has 3 atom stereocenters. The van der Waals surface area contributed by atoms with Gasteiger partial charge in [-0.1, -0.05) is 0 Å². The first-order chi connectivity index (χ1) is 7.75. The van der Waals surface area contributed by atoms with Crippen LogP contribution in [0.5, 0.6) is 0 Å². The number of allylic oxidation sites excluding steroid dienone is 1. The van der Waals surface area contributed by atoms with Crippen LogP contribution in [0.2, 0.25) is 0 Å². The van der Waals surface area contributed by atoms with Gasteiger partial charge in [0.2, 0.25) is 12.2 Å². The second-order valence-electron chi connectivity index (χ2n) is 3.09. The van der Waals surface area contributed by atoms with E-state index < -0.39 is 23.7 Å². The number of hydrogen-bond acceptors (Lipinski definition) is 4. The molecule has 0 saturated carbocycles. The zero-order valence-electron chi connectivity index (χ0n) is 7.83. The van der Waals surface area contributed by atoms with Gasteiger partial charge in [-0.15, -0.1) is 0 Å². The Morgan fingerprint density at radius 1 is 1.06 bits per heavy atom. The zero-order chi connectivity index (χ0) is 13.3. The van der Waals surface area contributed by atoms with Crippen LogP contribution in [-0.2, 0) is 9.59 Å². The zero-order valence-corrected chi connectivity index (χ0v) is 7.83. The first-order valence-electron chi connectivity index (χ1n) is 4.02. The minimum Gasteiger partial charge on any atom is -0.236 e. The second kappa shape index (κ2) is 3.87. The molecule has 0 N–H and O–H groups in total. The Morgan fingerprint density at radius 3 is 2.06 bits per heavy atom. The molecule has 92 valence electrons. The maximum atomic E-state index is 13.7. The van der Waals surface area contributed by atoms with Crippen molar-refractivity contribution in [2.24, 2.45) is 9.98 Å². The van der Waals surface area contributed by atoms with Crippen LogP contribution in [-0.4, -0.2) is 35.8 Å². The molecule has 0 saturated heterocycles. The molecule has 4 nitrogen and oxygen atoms in total. The van der Waals surface area contributed by atoms with Gasteiger partial charge >= 0.3 is 11.7 Å². The van der Waals surface area contributed by atoms with E-state index in [0.29, 0.717) is 12.2 Å². The van der Waals surface area contributed by atoms with Crippen molar-refractivity contribution in [2.75, 3.05) is 0 Å². The van der Waals surface area contributed by atoms with Crippen LogP contribution >= 0.6 is 0 Å². The Balaban J connectivity index is 3.57. The summed E-state index contributed by atoms with van der Waals surface area (Å²) in [6, 6.07) is 0. The van der Waals surface area contributed by atoms with Crippen molar-refractivity contribution in [2.45, 2.75) is 23.7 Å². The number of nitrogens with zero attached hydrogens (tertiary/aromatic N) is 2. The van der Waals surface area contributed by atoms with E-state index in [4.69, 9.17) is 0 Å². The number of rotatable bonds is 2. The molecule has 0 aromatic heterocycles. The summed E-state index contributed by atoms with van der Waals surface area (Å²) in [5.74, 6) is -13.7. The van der Waals surface area contributed by atoms with Gasteiger partial charge in [0.15, 0.2) is 6.17 Å². The standard InChI is InChI=1S/C8H3F5N2O2/c9-5-1-2-6(10,14-3-16)8(13,15-4-17)7(5,11)12/h1-2,5H. The van der Waals surface area contributed by atoms with Gasteiger partial charge in [-0.2, -0.15) is 18.8 Å². The van der Waals surface area contributed by atoms with Gasteiger partial charge in [-0.05, 0) is 12.2 Å². The summed E-state index contributed by atoms with van der Waals surface area (Å²) >= 11 is 0. The Hall–Kier alpha value is -1.85. The van der Waals surface area contributed by atoms with Crippen molar-refractivity contribution in [1.29, 1.82) is 0 Å². The molecule has 1 aliphatic carbocycles. The van der Waals surface area contributed by atoms with Crippen molar-refractivity contribution < 1.29 is 31.5 Å². The fraction of sp³-hybridized carbons (Fsp3) is 0.500. The van der Waals surface area contributed by atoms with Gasteiger partial charge in [0, 0.05) is 0 Å². The molecular weight excluding hydrogens is 251 g/mol. The molecule has 0 aromatic rings. The third kappa shape index (κ3) is 1.60. The van der Waals surface area contributed by atoms with Gasteiger partial charge in [0.1, 0.15) is 0 Å². The number of carbonyl (C=O) groups excluding carboxylic acids is 2. The highest BCUT2D eigenvalue weighted by atomic mass is 19.3. The van der Waals surface area contributed by atoms with Crippen molar-refractivity contribution in [3.8, 4) is 0 Å². The lowest BCUT2D eigenvalue weighted by molar-refractivity contribution is -0.214. The lowest BCUT2D eigenvalue weighted by Crippen LogP contribution is -2.62. The van der Waals surface area contributed by atoms with Crippen LogP contribution in [0.25, 0.3) is 0 Å². The second-order valence-corrected chi connectivity index (χ2v) is 3.09. The first kappa shape index (κ1) is 13.2. The number of hydrogen-bond donors (Lipinski definition) is 0. The lowest BCUT2D eigenvalue weighted by atomic mass is 9.87. The average molecular weight is 254 g/mol. The van der Waals surface area contributed by atoms with Gasteiger partial charge < -0.3 is 0 Å². The van der Waals surface area contributed by atoms with E-state index in [1.54, 1.807) is 0 Å². The third-order valence-electron chi connectivity index (χ3n) is 2.15. The van der Waals surface area contributed by atoms with E-state index >= 15 is 0 Å². The van der Waals surface area contributed by atoms with E-state index in [1.165, 1.54) is 0 Å². The summed E-state index contributed by atoms with van der Waals surface area (Å²) < 4.78 is 66.5. The van der Waals surface area contributed by atoms with Crippen molar-refractivity contribution in [1.82, 2.24) is 0 Å². The van der Waals surface area contributed by atoms with Gasteiger partial charge in [-0.25, -0.2) is 22.8 Å². The summed E-state index contributed by atoms with van der Waals surface area (Å²) in [5.41, 5.74) is 0. The summed E-state index contributed by atoms with van der Waals surface area (Å²) in [6.45, 7) is 0. The highest BCUT2D eigenvalue weighted by molar-refractivity contribution is 5.42. The van der Waals surface area contributed by atoms with E-state index in [0.717, 1.165) is 0 Å². The molecule has 0 aliphatic heterocycles. The minimum absolute atomic E-state index is 0.0288. The molecular formula is C8H3F5N2O2. The van der Waals surface area contributed by atoms with Crippen molar-refractivity contribution in [3.05, 3.63) is 12.2 Å². The quantitative estimate of drug-likeness (QED) is 0.247. The van der Waals surface area contributed by atoms with E-state index in [1.807, 2.05) is 4.99 Å². The van der Waals surface area contributed by atoms with Gasteiger partial charge in [0.25, 0.3) is 5.79 Å². The molecule has 0 fully saturated rings. The predicted molar refractivity (Wildman–Crippen MR) is 42.9 cm³/mol. The Morgan fingerprint density at radius 2 is 1.59 bits per heavy atom. The number of alkyl halides is 5. The summed E-state index contributed by atoms with van der Waals surface area (Å²) in [7, 11) is 0. The van der Waals surface area contributed by atoms with Gasteiger partial charge in [0.05, 0.1) is 0 Å². The third-order valence-corrected chi connectivity index (χ3v) is 2.15. The maximum Gasteiger partial charge on any atom is 0.341 e. The average Bonchev–Trinajstić information content (AvgIpc) is 2.24. The van der Waals surface area contributed by atoms with Crippen LogP contribution in [0.1, 0.15) is 0 Å². The van der Waals surface area contributed by atoms with Crippen LogP contribution in [0.4, 0.5) is 22.0 Å². The SMILES string of the molecule is O=C=NC1(F)C=CC(F)C(F)(F)C1(F)N=C=O. The van der Waals surface area contributed by atoms with E-state index in [9.17, 15) is 31.5 Å². The highest BCUT2D eigenvalue weighted by Crippen LogP contribution is 2.51. The molecule has 3 unspecified atom stereocenters. The maximum absolute atomic E-state index is 13.7. The Bertz CT molecular complexity index is 455. The Kier molecular flexibility index (Phi) is 3.01. The molecule has 0 amide bonds. The number of aliphatic imine (C=N–C) groups is 2. The van der Waals surface area contributed by atoms with E-state index in [2.05, 4.69) is 4.99 Å². The molecule has 17 heavy (non-hydrogen) atoms. The molecule has 0 heterocycles. The lowest BCUT2D eigenvalue weighted by Gasteiger charge is -2.38. The van der Waals surface area contributed by atoms with Crippen LogP contribution in [0, 0.1) is 0 Å². The fourth-order valence-electron chi connectivity index (χ4n) is 1.25. The normalized spacial score (nSPS) is 39.0. The van der Waals surface area contributed by atoms with Crippen molar-refractivity contribution >= 4 is 12.2 Å². The summed E-state index contributed by atoms with van der Waals surface area (Å²) in [4.78, 5) is 23.8. The predicted octanol–water partition coefficient (Wildman–Crippen LogP) is 1.53. The largest absolute Gasteiger partial charge is 0.341 e. The molecule has 0 aromatic carbocycles. The van der Waals surface area contributed by atoms with Crippen LogP contribution < -0.4 is 0 Å². The molecule has 0 radical (unpaired) electrons. The highest BCUT2D eigenvalue weighted by Gasteiger charge is 2.74. The monoisotopic (exact) mass is 254 g/mol. The number of halogens is 5. The Labute approximate surface area is 90.5 Å². The molecule has 1 aliphatic rings. The molecule has 0 bridgehead atoms. The fourth-order valence-corrected chi connectivity index (χ4v) is 1.25. The van der Waals surface area contributed by atoms with E-state index in [-0.39, 0.29) is 12.2 Å². The molecule has 9 heteroatoms. The summed E-state index contributed by atoms with van der Waals surface area (Å²) in [5, 5.41) is 0.